The molecule has 2 aromatic rings. The molecule has 3 rings (SSSR count). The van der Waals surface area contributed by atoms with Crippen LogP contribution in [0.2, 0.25) is 0 Å². The second kappa shape index (κ2) is 7.61. The summed E-state index contributed by atoms with van der Waals surface area (Å²) in [5, 5.41) is 8.42. The monoisotopic (exact) mass is 365 g/mol. The minimum absolute atomic E-state index is 0.121. The van der Waals surface area contributed by atoms with Gasteiger partial charge in [-0.15, -0.1) is 0 Å². The van der Waals surface area contributed by atoms with Crippen LogP contribution < -0.4 is 16.0 Å². The molecule has 140 valence electrons. The second-order valence-electron chi connectivity index (χ2n) is 6.93. The lowest BCUT2D eigenvalue weighted by Crippen LogP contribution is -2.21. The maximum atomic E-state index is 12.4. The van der Waals surface area contributed by atoms with Crippen molar-refractivity contribution in [3.63, 3.8) is 0 Å². The molecule has 2 atom stereocenters. The van der Waals surface area contributed by atoms with Gasteiger partial charge in [0.15, 0.2) is 0 Å². The fourth-order valence-electron chi connectivity index (χ4n) is 2.96. The Morgan fingerprint density at radius 3 is 1.96 bits per heavy atom. The van der Waals surface area contributed by atoms with Gasteiger partial charge in [0.05, 0.1) is 11.8 Å². The fourth-order valence-corrected chi connectivity index (χ4v) is 2.96. The molecule has 0 heterocycles. The highest BCUT2D eigenvalue weighted by Crippen LogP contribution is 2.40. The summed E-state index contributed by atoms with van der Waals surface area (Å²) < 4.78 is 0. The molecular formula is C21H23N3O3. The highest BCUT2D eigenvalue weighted by atomic mass is 16.2. The van der Waals surface area contributed by atoms with Gasteiger partial charge in [-0.3, -0.25) is 14.4 Å². The number of hydrogen-bond donors (Lipinski definition) is 3. The Bertz CT molecular complexity index is 890. The molecule has 0 radical (unpaired) electrons. The normalized spacial score (nSPS) is 17.7. The van der Waals surface area contributed by atoms with Crippen LogP contribution in [0.25, 0.3) is 0 Å². The molecule has 27 heavy (non-hydrogen) atoms. The predicted molar refractivity (Wildman–Crippen MR) is 106 cm³/mol. The Labute approximate surface area is 158 Å². The van der Waals surface area contributed by atoms with Gasteiger partial charge in [-0.25, -0.2) is 0 Å². The largest absolute Gasteiger partial charge is 0.326 e. The zero-order valence-corrected chi connectivity index (χ0v) is 15.6. The molecule has 1 fully saturated rings. The van der Waals surface area contributed by atoms with Crippen LogP contribution in [0.1, 0.15) is 24.5 Å². The van der Waals surface area contributed by atoms with Gasteiger partial charge in [0.2, 0.25) is 17.7 Å². The van der Waals surface area contributed by atoms with Crippen molar-refractivity contribution in [1.29, 1.82) is 0 Å². The molecule has 6 nitrogen and oxygen atoms in total. The van der Waals surface area contributed by atoms with Gasteiger partial charge in [0.25, 0.3) is 0 Å². The number of aryl methyl sites for hydroxylation is 1. The van der Waals surface area contributed by atoms with Crippen molar-refractivity contribution < 1.29 is 14.4 Å². The number of amides is 3. The first-order chi connectivity index (χ1) is 12.8. The Morgan fingerprint density at radius 1 is 0.815 bits per heavy atom. The van der Waals surface area contributed by atoms with Crippen LogP contribution in [0.4, 0.5) is 17.1 Å². The average Bonchev–Trinajstić information content (AvgIpc) is 3.41. The molecule has 1 saturated carbocycles. The maximum absolute atomic E-state index is 12.4. The summed E-state index contributed by atoms with van der Waals surface area (Å²) in [5.41, 5.74) is 4.24. The van der Waals surface area contributed by atoms with E-state index in [9.17, 15) is 14.4 Å². The smallest absolute Gasteiger partial charge is 0.228 e. The second-order valence-corrected chi connectivity index (χ2v) is 6.93. The van der Waals surface area contributed by atoms with Crippen molar-refractivity contribution in [2.24, 2.45) is 11.8 Å². The summed E-state index contributed by atoms with van der Waals surface area (Å²) in [7, 11) is 0. The summed E-state index contributed by atoms with van der Waals surface area (Å²) >= 11 is 0. The zero-order valence-electron chi connectivity index (χ0n) is 15.6. The Kier molecular flexibility index (Phi) is 5.26. The molecule has 0 aliphatic heterocycles. The molecule has 2 aromatic carbocycles. The van der Waals surface area contributed by atoms with Crippen molar-refractivity contribution in [2.45, 2.75) is 27.2 Å². The number of anilines is 3. The molecular weight excluding hydrogens is 342 g/mol. The molecule has 2 unspecified atom stereocenters. The van der Waals surface area contributed by atoms with Crippen molar-refractivity contribution in [3.05, 3.63) is 53.6 Å². The number of carbonyl (C=O) groups is 3. The van der Waals surface area contributed by atoms with E-state index in [1.54, 1.807) is 24.3 Å². The standard InChI is InChI=1S/C21H23N3O3/c1-12-5-4-6-19(13(12)2)24-21(27)18-11-17(18)20(26)23-16-9-7-15(8-10-16)22-14(3)25/h4-10,17-18H,11H2,1-3H3,(H,22,25)(H,23,26)(H,24,27). The summed E-state index contributed by atoms with van der Waals surface area (Å²) in [6.45, 7) is 5.40. The van der Waals surface area contributed by atoms with E-state index in [0.29, 0.717) is 17.8 Å². The summed E-state index contributed by atoms with van der Waals surface area (Å²) in [6, 6.07) is 12.6. The Hall–Kier alpha value is -3.15. The zero-order chi connectivity index (χ0) is 19.6. The van der Waals surface area contributed by atoms with Crippen molar-refractivity contribution in [2.75, 3.05) is 16.0 Å². The van der Waals surface area contributed by atoms with Crippen LogP contribution in [0.15, 0.2) is 42.5 Å². The molecule has 1 aliphatic carbocycles. The van der Waals surface area contributed by atoms with Crippen LogP contribution in [0, 0.1) is 25.7 Å². The van der Waals surface area contributed by atoms with E-state index in [1.165, 1.54) is 6.92 Å². The molecule has 0 bridgehead atoms. The third-order valence-electron chi connectivity index (χ3n) is 4.80. The Balaban J connectivity index is 1.54. The molecule has 0 saturated heterocycles. The topological polar surface area (TPSA) is 87.3 Å². The van der Waals surface area contributed by atoms with Gasteiger partial charge in [-0.2, -0.15) is 0 Å². The van der Waals surface area contributed by atoms with Crippen LogP contribution in [0.3, 0.4) is 0 Å². The van der Waals surface area contributed by atoms with E-state index < -0.39 is 0 Å². The minimum atomic E-state index is -0.315. The van der Waals surface area contributed by atoms with Gasteiger partial charge < -0.3 is 16.0 Å². The lowest BCUT2D eigenvalue weighted by molar-refractivity contribution is -0.122. The van der Waals surface area contributed by atoms with E-state index in [1.807, 2.05) is 32.0 Å². The molecule has 3 N–H and O–H groups in total. The first kappa shape index (κ1) is 18.6. The molecule has 0 spiro atoms. The number of hydrogen-bond acceptors (Lipinski definition) is 3. The maximum Gasteiger partial charge on any atom is 0.228 e. The van der Waals surface area contributed by atoms with Gasteiger partial charge in [-0.05, 0) is 61.7 Å². The Morgan fingerprint density at radius 2 is 1.37 bits per heavy atom. The quantitative estimate of drug-likeness (QED) is 0.758. The van der Waals surface area contributed by atoms with Crippen molar-refractivity contribution >= 4 is 34.8 Å². The number of nitrogens with one attached hydrogen (secondary N) is 3. The first-order valence-electron chi connectivity index (χ1n) is 8.90. The molecule has 0 aromatic heterocycles. The summed E-state index contributed by atoms with van der Waals surface area (Å²) in [5.74, 6) is -1.05. The van der Waals surface area contributed by atoms with E-state index >= 15 is 0 Å². The SMILES string of the molecule is CC(=O)Nc1ccc(NC(=O)C2CC2C(=O)Nc2cccc(C)c2C)cc1. The molecule has 3 amide bonds. The fraction of sp³-hybridized carbons (Fsp3) is 0.286. The first-order valence-corrected chi connectivity index (χ1v) is 8.90. The third-order valence-corrected chi connectivity index (χ3v) is 4.80. The van der Waals surface area contributed by atoms with Gasteiger partial charge in [0.1, 0.15) is 0 Å². The van der Waals surface area contributed by atoms with Crippen LogP contribution >= 0.6 is 0 Å². The summed E-state index contributed by atoms with van der Waals surface area (Å²) in [4.78, 5) is 35.8. The minimum Gasteiger partial charge on any atom is -0.326 e. The van der Waals surface area contributed by atoms with Crippen LogP contribution in [-0.2, 0) is 14.4 Å². The highest BCUT2D eigenvalue weighted by Gasteiger charge is 2.48. The number of benzene rings is 2. The van der Waals surface area contributed by atoms with Crippen molar-refractivity contribution in [1.82, 2.24) is 0 Å². The van der Waals surface area contributed by atoms with E-state index in [-0.39, 0.29) is 29.6 Å². The van der Waals surface area contributed by atoms with E-state index in [2.05, 4.69) is 16.0 Å². The van der Waals surface area contributed by atoms with Crippen molar-refractivity contribution in [3.8, 4) is 0 Å². The van der Waals surface area contributed by atoms with Gasteiger partial charge in [-0.1, -0.05) is 12.1 Å². The lowest BCUT2D eigenvalue weighted by Gasteiger charge is -2.10. The third kappa shape index (κ3) is 4.53. The molecule has 6 heteroatoms. The number of carbonyl (C=O) groups excluding carboxylic acids is 3. The average molecular weight is 365 g/mol. The van der Waals surface area contributed by atoms with Gasteiger partial charge in [0, 0.05) is 24.0 Å². The number of rotatable bonds is 5. The summed E-state index contributed by atoms with van der Waals surface area (Å²) in [6.07, 6.45) is 0.548. The van der Waals surface area contributed by atoms with E-state index in [0.717, 1.165) is 16.8 Å². The van der Waals surface area contributed by atoms with Gasteiger partial charge >= 0.3 is 0 Å². The predicted octanol–water partition coefficient (Wildman–Crippen LogP) is 3.48. The van der Waals surface area contributed by atoms with E-state index in [4.69, 9.17) is 0 Å². The van der Waals surface area contributed by atoms with Crippen LogP contribution in [0.5, 0.6) is 0 Å². The van der Waals surface area contributed by atoms with Crippen LogP contribution in [-0.4, -0.2) is 17.7 Å². The molecule has 1 aliphatic rings. The highest BCUT2D eigenvalue weighted by molar-refractivity contribution is 6.03. The lowest BCUT2D eigenvalue weighted by atomic mass is 10.1.